The van der Waals surface area contributed by atoms with E-state index in [9.17, 15) is 0 Å². The molecule has 98 valence electrons. The van der Waals surface area contributed by atoms with Gasteiger partial charge in [-0.05, 0) is 63.2 Å². The highest BCUT2D eigenvalue weighted by Crippen LogP contribution is 2.21. The van der Waals surface area contributed by atoms with Gasteiger partial charge in [-0.15, -0.1) is 0 Å². The first-order chi connectivity index (χ1) is 8.65. The van der Waals surface area contributed by atoms with E-state index in [0.717, 1.165) is 5.69 Å². The van der Waals surface area contributed by atoms with Gasteiger partial charge in [0.15, 0.2) is 5.11 Å². The number of hydrogen-bond acceptors (Lipinski definition) is 2. The zero-order valence-corrected chi connectivity index (χ0v) is 11.9. The summed E-state index contributed by atoms with van der Waals surface area (Å²) in [6.07, 6.45) is 2.62. The first-order valence-electron chi connectivity index (χ1n) is 6.57. The summed E-state index contributed by atoms with van der Waals surface area (Å²) in [5.41, 5.74) is 2.34. The molecule has 2 N–H and O–H groups in total. The number of hydrogen-bond donors (Lipinski definition) is 2. The highest BCUT2D eigenvalue weighted by molar-refractivity contribution is 7.80. The normalized spacial score (nSPS) is 14.9. The molecule has 0 aromatic heterocycles. The molecular weight excluding hydrogens is 242 g/mol. The van der Waals surface area contributed by atoms with Gasteiger partial charge in [0.05, 0.1) is 0 Å². The highest BCUT2D eigenvalue weighted by Gasteiger charge is 2.11. The predicted octanol–water partition coefficient (Wildman–Crippen LogP) is 2.98. The molecule has 1 aromatic rings. The lowest BCUT2D eigenvalue weighted by Gasteiger charge is -2.18. The van der Waals surface area contributed by atoms with Gasteiger partial charge >= 0.3 is 0 Å². The van der Waals surface area contributed by atoms with Crippen LogP contribution in [0.2, 0.25) is 0 Å². The highest BCUT2D eigenvalue weighted by atomic mass is 32.1. The summed E-state index contributed by atoms with van der Waals surface area (Å²) >= 11 is 5.22. The Morgan fingerprint density at radius 3 is 2.33 bits per heavy atom. The second-order valence-corrected chi connectivity index (χ2v) is 5.40. The fourth-order valence-electron chi connectivity index (χ4n) is 2.16. The van der Waals surface area contributed by atoms with Crippen molar-refractivity contribution in [3.8, 4) is 0 Å². The number of anilines is 2. The average Bonchev–Trinajstić information content (AvgIpc) is 2.82. The first-order valence-corrected chi connectivity index (χ1v) is 6.98. The van der Waals surface area contributed by atoms with Crippen molar-refractivity contribution in [3.05, 3.63) is 24.3 Å². The number of nitrogens with one attached hydrogen (secondary N) is 2. The average molecular weight is 263 g/mol. The maximum atomic E-state index is 5.22. The van der Waals surface area contributed by atoms with E-state index in [-0.39, 0.29) is 0 Å². The fraction of sp³-hybridized carbons (Fsp3) is 0.500. The van der Waals surface area contributed by atoms with Crippen LogP contribution in [0.1, 0.15) is 26.7 Å². The van der Waals surface area contributed by atoms with Crippen molar-refractivity contribution >= 4 is 28.7 Å². The lowest BCUT2D eigenvalue weighted by Crippen LogP contribution is -2.33. The molecule has 0 spiro atoms. The molecule has 0 saturated carbocycles. The summed E-state index contributed by atoms with van der Waals surface area (Å²) < 4.78 is 0. The van der Waals surface area contributed by atoms with Gasteiger partial charge in [-0.25, -0.2) is 0 Å². The summed E-state index contributed by atoms with van der Waals surface area (Å²) in [6.45, 7) is 6.51. The maximum Gasteiger partial charge on any atom is 0.170 e. The van der Waals surface area contributed by atoms with Crippen molar-refractivity contribution in [2.45, 2.75) is 32.7 Å². The van der Waals surface area contributed by atoms with E-state index < -0.39 is 0 Å². The van der Waals surface area contributed by atoms with Crippen molar-refractivity contribution in [2.24, 2.45) is 0 Å². The quantitative estimate of drug-likeness (QED) is 0.820. The Morgan fingerprint density at radius 1 is 1.17 bits per heavy atom. The standard InChI is InChI=1S/C14H21N3S/c1-11(2)15-14(18)16-12-5-7-13(8-6-12)17-9-3-4-10-17/h5-8,11H,3-4,9-10H2,1-2H3,(H2,15,16,18). The van der Waals surface area contributed by atoms with Crippen molar-refractivity contribution < 1.29 is 0 Å². The van der Waals surface area contributed by atoms with E-state index in [4.69, 9.17) is 12.2 Å². The van der Waals surface area contributed by atoms with Gasteiger partial charge < -0.3 is 15.5 Å². The number of nitrogens with zero attached hydrogens (tertiary/aromatic N) is 1. The van der Waals surface area contributed by atoms with Gasteiger partial charge in [-0.3, -0.25) is 0 Å². The lowest BCUT2D eigenvalue weighted by atomic mass is 10.2. The third-order valence-electron chi connectivity index (χ3n) is 3.02. The molecule has 1 aromatic carbocycles. The minimum Gasteiger partial charge on any atom is -0.372 e. The molecule has 0 radical (unpaired) electrons. The van der Waals surface area contributed by atoms with Crippen LogP contribution >= 0.6 is 12.2 Å². The lowest BCUT2D eigenvalue weighted by molar-refractivity contribution is 0.739. The van der Waals surface area contributed by atoms with Gasteiger partial charge in [0.1, 0.15) is 0 Å². The van der Waals surface area contributed by atoms with Gasteiger partial charge in [0.25, 0.3) is 0 Å². The van der Waals surface area contributed by atoms with E-state index in [2.05, 4.69) is 53.6 Å². The Labute approximate surface area is 115 Å². The zero-order chi connectivity index (χ0) is 13.0. The van der Waals surface area contributed by atoms with Crippen LogP contribution in [0.3, 0.4) is 0 Å². The smallest absolute Gasteiger partial charge is 0.170 e. The van der Waals surface area contributed by atoms with Gasteiger partial charge in [0, 0.05) is 30.5 Å². The molecule has 1 saturated heterocycles. The maximum absolute atomic E-state index is 5.22. The molecular formula is C14H21N3S. The van der Waals surface area contributed by atoms with Crippen molar-refractivity contribution in [1.29, 1.82) is 0 Å². The summed E-state index contributed by atoms with van der Waals surface area (Å²) in [5.74, 6) is 0. The molecule has 0 atom stereocenters. The van der Waals surface area contributed by atoms with Crippen LogP contribution in [0.4, 0.5) is 11.4 Å². The van der Waals surface area contributed by atoms with E-state index in [0.29, 0.717) is 11.2 Å². The zero-order valence-electron chi connectivity index (χ0n) is 11.1. The van der Waals surface area contributed by atoms with Crippen LogP contribution < -0.4 is 15.5 Å². The second kappa shape index (κ2) is 6.05. The molecule has 1 aliphatic heterocycles. The molecule has 0 aliphatic carbocycles. The van der Waals surface area contributed by atoms with E-state index in [1.54, 1.807) is 0 Å². The molecule has 3 nitrogen and oxygen atoms in total. The van der Waals surface area contributed by atoms with Gasteiger partial charge in [-0.1, -0.05) is 0 Å². The van der Waals surface area contributed by atoms with E-state index in [1.807, 2.05) is 0 Å². The Kier molecular flexibility index (Phi) is 4.42. The molecule has 0 amide bonds. The third-order valence-corrected chi connectivity index (χ3v) is 3.24. The van der Waals surface area contributed by atoms with Crippen molar-refractivity contribution in [1.82, 2.24) is 5.32 Å². The predicted molar refractivity (Wildman–Crippen MR) is 82.4 cm³/mol. The van der Waals surface area contributed by atoms with Crippen LogP contribution in [0, 0.1) is 0 Å². The first kappa shape index (κ1) is 13.1. The Hall–Kier alpha value is -1.29. The number of thiocarbonyl (C=S) groups is 1. The summed E-state index contributed by atoms with van der Waals surface area (Å²) in [6, 6.07) is 8.84. The fourth-order valence-corrected chi connectivity index (χ4v) is 2.51. The molecule has 0 bridgehead atoms. The summed E-state index contributed by atoms with van der Waals surface area (Å²) in [7, 11) is 0. The molecule has 0 unspecified atom stereocenters. The largest absolute Gasteiger partial charge is 0.372 e. The molecule has 1 fully saturated rings. The summed E-state index contributed by atoms with van der Waals surface area (Å²) in [4.78, 5) is 2.43. The Balaban J connectivity index is 1.93. The van der Waals surface area contributed by atoms with Crippen LogP contribution in [-0.2, 0) is 0 Å². The van der Waals surface area contributed by atoms with E-state index >= 15 is 0 Å². The topological polar surface area (TPSA) is 27.3 Å². The van der Waals surface area contributed by atoms with Crippen LogP contribution in [0.15, 0.2) is 24.3 Å². The molecule has 4 heteroatoms. The van der Waals surface area contributed by atoms with Gasteiger partial charge in [0.2, 0.25) is 0 Å². The van der Waals surface area contributed by atoms with Crippen LogP contribution in [0.25, 0.3) is 0 Å². The molecule has 1 heterocycles. The van der Waals surface area contributed by atoms with E-state index in [1.165, 1.54) is 31.6 Å². The molecule has 2 rings (SSSR count). The number of benzene rings is 1. The van der Waals surface area contributed by atoms with Crippen molar-refractivity contribution in [2.75, 3.05) is 23.3 Å². The van der Waals surface area contributed by atoms with Crippen molar-refractivity contribution in [3.63, 3.8) is 0 Å². The Morgan fingerprint density at radius 2 is 1.78 bits per heavy atom. The third kappa shape index (κ3) is 3.60. The minimum absolute atomic E-state index is 0.355. The molecule has 1 aliphatic rings. The minimum atomic E-state index is 0.355. The SMILES string of the molecule is CC(C)NC(=S)Nc1ccc(N2CCCC2)cc1. The van der Waals surface area contributed by atoms with Crippen LogP contribution in [-0.4, -0.2) is 24.2 Å². The monoisotopic (exact) mass is 263 g/mol. The Bertz CT molecular complexity index is 394. The number of rotatable bonds is 3. The van der Waals surface area contributed by atoms with Gasteiger partial charge in [-0.2, -0.15) is 0 Å². The van der Waals surface area contributed by atoms with Crippen LogP contribution in [0.5, 0.6) is 0 Å². The second-order valence-electron chi connectivity index (χ2n) is 4.99. The molecule has 18 heavy (non-hydrogen) atoms. The summed E-state index contributed by atoms with van der Waals surface area (Å²) in [5, 5.41) is 7.04.